The Kier molecular flexibility index (Phi) is 6.55. The number of anilines is 1. The fourth-order valence-corrected chi connectivity index (χ4v) is 2.22. The van der Waals surface area contributed by atoms with Crippen molar-refractivity contribution < 1.29 is 0 Å². The zero-order chi connectivity index (χ0) is 12.5. The lowest BCUT2D eigenvalue weighted by molar-refractivity contribution is 0.836. The molecular weight excluding hydrogens is 230 g/mol. The molecule has 0 saturated carbocycles. The van der Waals surface area contributed by atoms with E-state index >= 15 is 0 Å². The van der Waals surface area contributed by atoms with Gasteiger partial charge < -0.3 is 10.6 Å². The number of rotatable bonds is 8. The number of amidine groups is 1. The highest BCUT2D eigenvalue weighted by molar-refractivity contribution is 7.99. The first-order valence-corrected chi connectivity index (χ1v) is 7.10. The lowest BCUT2D eigenvalue weighted by Crippen LogP contribution is -2.29. The molecule has 0 saturated heterocycles. The molecule has 0 heterocycles. The van der Waals surface area contributed by atoms with Crippen LogP contribution in [-0.4, -0.2) is 30.4 Å². The maximum atomic E-state index is 7.31. The van der Waals surface area contributed by atoms with Gasteiger partial charge in [0.15, 0.2) is 0 Å². The average molecular weight is 251 g/mol. The molecule has 1 rings (SSSR count). The molecule has 1 aromatic rings. The number of hydrogen-bond donors (Lipinski definition) is 2. The first-order valence-electron chi connectivity index (χ1n) is 5.94. The van der Waals surface area contributed by atoms with E-state index in [1.165, 1.54) is 5.69 Å². The number of hydrogen-bond acceptors (Lipinski definition) is 3. The molecular formula is C13H21N3S. The highest BCUT2D eigenvalue weighted by atomic mass is 32.2. The average Bonchev–Trinajstić information content (AvgIpc) is 2.34. The van der Waals surface area contributed by atoms with Crippen LogP contribution in [0.25, 0.3) is 0 Å². The number of nitrogens with two attached hydrogens (primary N) is 1. The Morgan fingerprint density at radius 3 is 2.59 bits per heavy atom. The normalized spacial score (nSPS) is 10.2. The van der Waals surface area contributed by atoms with Crippen molar-refractivity contribution in [3.63, 3.8) is 0 Å². The Morgan fingerprint density at radius 1 is 1.29 bits per heavy atom. The molecule has 0 aromatic heterocycles. The summed E-state index contributed by atoms with van der Waals surface area (Å²) in [5.41, 5.74) is 6.64. The molecule has 0 spiro atoms. The molecule has 3 N–H and O–H groups in total. The van der Waals surface area contributed by atoms with E-state index in [2.05, 4.69) is 24.0 Å². The van der Waals surface area contributed by atoms with Gasteiger partial charge >= 0.3 is 0 Å². The Balaban J connectivity index is 2.55. The zero-order valence-corrected chi connectivity index (χ0v) is 11.2. The quantitative estimate of drug-likeness (QED) is 0.424. The summed E-state index contributed by atoms with van der Waals surface area (Å²) in [6.45, 7) is 4.01. The molecule has 3 nitrogen and oxygen atoms in total. The first kappa shape index (κ1) is 13.9. The van der Waals surface area contributed by atoms with Crippen molar-refractivity contribution in [1.29, 1.82) is 5.41 Å². The van der Waals surface area contributed by atoms with Gasteiger partial charge in [-0.15, -0.1) is 0 Å². The SMILES string of the molecule is CCSCCN(CCC(=N)N)c1ccccc1. The second kappa shape index (κ2) is 8.01. The van der Waals surface area contributed by atoms with E-state index in [4.69, 9.17) is 11.1 Å². The molecule has 0 aliphatic heterocycles. The van der Waals surface area contributed by atoms with Crippen LogP contribution in [0.1, 0.15) is 13.3 Å². The number of nitrogens with one attached hydrogen (secondary N) is 1. The van der Waals surface area contributed by atoms with Crippen LogP contribution in [0.2, 0.25) is 0 Å². The predicted molar refractivity (Wildman–Crippen MR) is 78.2 cm³/mol. The van der Waals surface area contributed by atoms with Crippen LogP contribution < -0.4 is 10.6 Å². The van der Waals surface area contributed by atoms with Gasteiger partial charge in [-0.3, -0.25) is 5.41 Å². The van der Waals surface area contributed by atoms with E-state index in [0.717, 1.165) is 24.6 Å². The van der Waals surface area contributed by atoms with E-state index in [-0.39, 0.29) is 5.84 Å². The summed E-state index contributed by atoms with van der Waals surface area (Å²) in [5.74, 6) is 2.52. The number of para-hydroxylation sites is 1. The molecule has 0 fully saturated rings. The molecule has 0 amide bonds. The van der Waals surface area contributed by atoms with Gasteiger partial charge in [0.1, 0.15) is 0 Å². The van der Waals surface area contributed by atoms with Crippen LogP contribution >= 0.6 is 11.8 Å². The Labute approximate surface area is 108 Å². The monoisotopic (exact) mass is 251 g/mol. The topological polar surface area (TPSA) is 53.1 Å². The third kappa shape index (κ3) is 5.63. The van der Waals surface area contributed by atoms with Gasteiger partial charge in [-0.2, -0.15) is 11.8 Å². The molecule has 0 aliphatic carbocycles. The molecule has 17 heavy (non-hydrogen) atoms. The lowest BCUT2D eigenvalue weighted by Gasteiger charge is -2.24. The summed E-state index contributed by atoms with van der Waals surface area (Å²) < 4.78 is 0. The number of thioether (sulfide) groups is 1. The van der Waals surface area contributed by atoms with Gasteiger partial charge in [0.2, 0.25) is 0 Å². The maximum absolute atomic E-state index is 7.31. The predicted octanol–water partition coefficient (Wildman–Crippen LogP) is 2.57. The second-order valence-corrected chi connectivity index (χ2v) is 5.19. The van der Waals surface area contributed by atoms with Crippen molar-refractivity contribution in [1.82, 2.24) is 0 Å². The van der Waals surface area contributed by atoms with E-state index in [1.54, 1.807) is 0 Å². The van der Waals surface area contributed by atoms with Crippen molar-refractivity contribution in [2.24, 2.45) is 5.73 Å². The molecule has 0 aliphatic rings. The van der Waals surface area contributed by atoms with Crippen molar-refractivity contribution in [2.75, 3.05) is 29.5 Å². The highest BCUT2D eigenvalue weighted by Gasteiger charge is 2.06. The molecule has 0 unspecified atom stereocenters. The summed E-state index contributed by atoms with van der Waals surface area (Å²) >= 11 is 1.94. The van der Waals surface area contributed by atoms with E-state index in [1.807, 2.05) is 30.0 Å². The van der Waals surface area contributed by atoms with Crippen LogP contribution in [0.4, 0.5) is 5.69 Å². The fraction of sp³-hybridized carbons (Fsp3) is 0.462. The van der Waals surface area contributed by atoms with Gasteiger partial charge in [-0.1, -0.05) is 25.1 Å². The van der Waals surface area contributed by atoms with Crippen molar-refractivity contribution in [3.8, 4) is 0 Å². The Morgan fingerprint density at radius 2 is 2.00 bits per heavy atom. The van der Waals surface area contributed by atoms with Crippen molar-refractivity contribution in [2.45, 2.75) is 13.3 Å². The third-order valence-electron chi connectivity index (χ3n) is 2.48. The number of benzene rings is 1. The summed E-state index contributed by atoms with van der Waals surface area (Å²) in [6, 6.07) is 10.3. The van der Waals surface area contributed by atoms with E-state index in [9.17, 15) is 0 Å². The minimum Gasteiger partial charge on any atom is -0.388 e. The molecule has 4 heteroatoms. The lowest BCUT2D eigenvalue weighted by atomic mass is 10.2. The number of nitrogens with zero attached hydrogens (tertiary/aromatic N) is 1. The van der Waals surface area contributed by atoms with Gasteiger partial charge in [0.25, 0.3) is 0 Å². The van der Waals surface area contributed by atoms with Crippen LogP contribution in [0.3, 0.4) is 0 Å². The molecule has 0 bridgehead atoms. The van der Waals surface area contributed by atoms with Crippen LogP contribution in [-0.2, 0) is 0 Å². The smallest absolute Gasteiger partial charge is 0.0923 e. The van der Waals surface area contributed by atoms with Crippen molar-refractivity contribution in [3.05, 3.63) is 30.3 Å². The Bertz CT molecular complexity index is 327. The van der Waals surface area contributed by atoms with Crippen molar-refractivity contribution >= 4 is 23.3 Å². The molecule has 0 radical (unpaired) electrons. The van der Waals surface area contributed by atoms with Crippen LogP contribution in [0.15, 0.2) is 30.3 Å². The molecule has 0 atom stereocenters. The van der Waals surface area contributed by atoms with Crippen LogP contribution in [0, 0.1) is 5.41 Å². The first-order chi connectivity index (χ1) is 8.24. The van der Waals surface area contributed by atoms with Gasteiger partial charge in [-0.25, -0.2) is 0 Å². The van der Waals surface area contributed by atoms with E-state index in [0.29, 0.717) is 6.42 Å². The fourth-order valence-electron chi connectivity index (χ4n) is 1.58. The van der Waals surface area contributed by atoms with Crippen LogP contribution in [0.5, 0.6) is 0 Å². The van der Waals surface area contributed by atoms with E-state index < -0.39 is 0 Å². The molecule has 1 aromatic carbocycles. The largest absolute Gasteiger partial charge is 0.388 e. The summed E-state index contributed by atoms with van der Waals surface area (Å²) in [5, 5.41) is 7.31. The Hall–Kier alpha value is -1.16. The van der Waals surface area contributed by atoms with Gasteiger partial charge in [-0.05, 0) is 17.9 Å². The maximum Gasteiger partial charge on any atom is 0.0923 e. The van der Waals surface area contributed by atoms with Gasteiger partial charge in [0.05, 0.1) is 5.84 Å². The summed E-state index contributed by atoms with van der Waals surface area (Å²) in [7, 11) is 0. The summed E-state index contributed by atoms with van der Waals surface area (Å²) in [6.07, 6.45) is 0.631. The molecule has 94 valence electrons. The minimum absolute atomic E-state index is 0.258. The summed E-state index contributed by atoms with van der Waals surface area (Å²) in [4.78, 5) is 2.30. The highest BCUT2D eigenvalue weighted by Crippen LogP contribution is 2.14. The zero-order valence-electron chi connectivity index (χ0n) is 10.4. The minimum atomic E-state index is 0.258. The second-order valence-electron chi connectivity index (χ2n) is 3.79. The van der Waals surface area contributed by atoms with Gasteiger partial charge in [0, 0.05) is 31.0 Å². The standard InChI is InChI=1S/C13H21N3S/c1-2-17-11-10-16(9-8-13(14)15)12-6-4-3-5-7-12/h3-7H,2,8-11H2,1H3,(H3,14,15). The third-order valence-corrected chi connectivity index (χ3v) is 3.36.